The Kier molecular flexibility index (Phi) is 4.39. The summed E-state index contributed by atoms with van der Waals surface area (Å²) in [7, 11) is 0. The van der Waals surface area contributed by atoms with E-state index in [0.717, 1.165) is 6.04 Å². The van der Waals surface area contributed by atoms with Gasteiger partial charge in [0, 0.05) is 24.7 Å². The number of likely N-dealkylation sites (tertiary alicyclic amines) is 1. The van der Waals surface area contributed by atoms with Crippen molar-refractivity contribution in [2.24, 2.45) is 0 Å². The summed E-state index contributed by atoms with van der Waals surface area (Å²) in [5.41, 5.74) is 0. The van der Waals surface area contributed by atoms with Crippen molar-refractivity contribution < 1.29 is 0 Å². The second kappa shape index (κ2) is 5.13. The summed E-state index contributed by atoms with van der Waals surface area (Å²) in [6, 6.07) is 2.14. The number of hydrogen-bond donors (Lipinski definition) is 0. The van der Waals surface area contributed by atoms with Gasteiger partial charge in [0.05, 0.1) is 0 Å². The van der Waals surface area contributed by atoms with Crippen molar-refractivity contribution in [1.82, 2.24) is 9.80 Å². The first kappa shape index (κ1) is 12.0. The van der Waals surface area contributed by atoms with Crippen LogP contribution in [0.2, 0.25) is 0 Å². The van der Waals surface area contributed by atoms with Gasteiger partial charge in [-0.15, -0.1) is 0 Å². The van der Waals surface area contributed by atoms with Gasteiger partial charge in [0.2, 0.25) is 0 Å². The molecule has 0 spiro atoms. The molecule has 0 radical (unpaired) electrons. The Morgan fingerprint density at radius 2 is 1.79 bits per heavy atom. The molecule has 0 aromatic rings. The molecular formula is C12H26N2. The van der Waals surface area contributed by atoms with Crippen LogP contribution in [0.15, 0.2) is 0 Å². The second-order valence-electron chi connectivity index (χ2n) is 4.97. The summed E-state index contributed by atoms with van der Waals surface area (Å²) in [4.78, 5) is 5.22. The van der Waals surface area contributed by atoms with E-state index in [0.29, 0.717) is 12.1 Å². The predicted molar refractivity (Wildman–Crippen MR) is 62.6 cm³/mol. The zero-order valence-corrected chi connectivity index (χ0v) is 10.5. The Morgan fingerprint density at radius 1 is 1.21 bits per heavy atom. The van der Waals surface area contributed by atoms with E-state index in [9.17, 15) is 0 Å². The first-order chi connectivity index (χ1) is 6.56. The maximum absolute atomic E-state index is 2.66. The molecule has 1 rings (SSSR count). The highest BCUT2D eigenvalue weighted by molar-refractivity contribution is 4.86. The molecule has 0 amide bonds. The lowest BCUT2D eigenvalue weighted by Crippen LogP contribution is -2.46. The van der Waals surface area contributed by atoms with Crippen LogP contribution in [0, 0.1) is 0 Å². The van der Waals surface area contributed by atoms with Gasteiger partial charge in [-0.3, -0.25) is 4.90 Å². The molecule has 0 N–H and O–H groups in total. The summed E-state index contributed by atoms with van der Waals surface area (Å²) < 4.78 is 0. The van der Waals surface area contributed by atoms with E-state index in [1.54, 1.807) is 0 Å². The molecule has 0 aromatic heterocycles. The van der Waals surface area contributed by atoms with Gasteiger partial charge in [-0.1, -0.05) is 6.92 Å². The summed E-state index contributed by atoms with van der Waals surface area (Å²) >= 11 is 0. The van der Waals surface area contributed by atoms with E-state index in [1.165, 1.54) is 26.1 Å². The highest BCUT2D eigenvalue weighted by atomic mass is 15.3. The maximum Gasteiger partial charge on any atom is 0.0240 e. The molecule has 2 nitrogen and oxygen atoms in total. The number of likely N-dealkylation sites (N-methyl/N-ethyl adjacent to an activating group) is 1. The van der Waals surface area contributed by atoms with Gasteiger partial charge in [0.15, 0.2) is 0 Å². The minimum atomic E-state index is 0.678. The minimum absolute atomic E-state index is 0.678. The van der Waals surface area contributed by atoms with Crippen LogP contribution >= 0.6 is 0 Å². The maximum atomic E-state index is 2.66. The molecule has 2 heteroatoms. The van der Waals surface area contributed by atoms with Gasteiger partial charge >= 0.3 is 0 Å². The van der Waals surface area contributed by atoms with Crippen molar-refractivity contribution in [3.8, 4) is 0 Å². The van der Waals surface area contributed by atoms with Gasteiger partial charge in [-0.25, -0.2) is 0 Å². The SMILES string of the molecule is CCN1CCC(N(C(C)C)C(C)C)C1. The molecule has 1 heterocycles. The Labute approximate surface area is 89.3 Å². The van der Waals surface area contributed by atoms with Gasteiger partial charge in [-0.2, -0.15) is 0 Å². The third kappa shape index (κ3) is 2.71. The largest absolute Gasteiger partial charge is 0.302 e. The lowest BCUT2D eigenvalue weighted by atomic mass is 10.1. The van der Waals surface area contributed by atoms with Crippen LogP contribution in [0.5, 0.6) is 0 Å². The molecule has 1 unspecified atom stereocenters. The normalized spacial score (nSPS) is 24.4. The zero-order chi connectivity index (χ0) is 10.7. The first-order valence-electron chi connectivity index (χ1n) is 6.06. The van der Waals surface area contributed by atoms with Gasteiger partial charge in [-0.05, 0) is 47.2 Å². The van der Waals surface area contributed by atoms with Crippen LogP contribution < -0.4 is 0 Å². The monoisotopic (exact) mass is 198 g/mol. The Hall–Kier alpha value is -0.0800. The predicted octanol–water partition coefficient (Wildman–Crippen LogP) is 2.20. The van der Waals surface area contributed by atoms with E-state index in [2.05, 4.69) is 44.4 Å². The van der Waals surface area contributed by atoms with Crippen molar-refractivity contribution in [2.45, 2.75) is 59.2 Å². The minimum Gasteiger partial charge on any atom is -0.302 e. The van der Waals surface area contributed by atoms with Gasteiger partial charge < -0.3 is 4.90 Å². The molecule has 84 valence electrons. The van der Waals surface area contributed by atoms with Crippen molar-refractivity contribution in [3.05, 3.63) is 0 Å². The van der Waals surface area contributed by atoms with Crippen LogP contribution in [0.1, 0.15) is 41.0 Å². The van der Waals surface area contributed by atoms with Crippen molar-refractivity contribution in [3.63, 3.8) is 0 Å². The standard InChI is InChI=1S/C12H26N2/c1-6-13-8-7-12(9-13)14(10(2)3)11(4)5/h10-12H,6-9H2,1-5H3. The Bertz CT molecular complexity index is 158. The number of nitrogens with zero attached hydrogens (tertiary/aromatic N) is 2. The van der Waals surface area contributed by atoms with E-state index in [1.807, 2.05) is 0 Å². The summed E-state index contributed by atoms with van der Waals surface area (Å²) in [6.45, 7) is 15.3. The highest BCUT2D eigenvalue weighted by Gasteiger charge is 2.29. The van der Waals surface area contributed by atoms with E-state index >= 15 is 0 Å². The van der Waals surface area contributed by atoms with E-state index < -0.39 is 0 Å². The lowest BCUT2D eigenvalue weighted by molar-refractivity contribution is 0.115. The molecule has 14 heavy (non-hydrogen) atoms. The number of rotatable bonds is 4. The number of hydrogen-bond acceptors (Lipinski definition) is 2. The smallest absolute Gasteiger partial charge is 0.0240 e. The average molecular weight is 198 g/mol. The van der Waals surface area contributed by atoms with Crippen molar-refractivity contribution >= 4 is 0 Å². The summed E-state index contributed by atoms with van der Waals surface area (Å²) in [6.07, 6.45) is 1.35. The van der Waals surface area contributed by atoms with Crippen molar-refractivity contribution in [2.75, 3.05) is 19.6 Å². The summed E-state index contributed by atoms with van der Waals surface area (Å²) in [5, 5.41) is 0. The average Bonchev–Trinajstić information content (AvgIpc) is 2.51. The van der Waals surface area contributed by atoms with Crippen LogP contribution in [-0.4, -0.2) is 47.6 Å². The molecule has 1 saturated heterocycles. The second-order valence-corrected chi connectivity index (χ2v) is 4.97. The van der Waals surface area contributed by atoms with Crippen LogP contribution in [0.3, 0.4) is 0 Å². The molecule has 1 atom stereocenters. The molecule has 0 saturated carbocycles. The molecule has 0 aliphatic carbocycles. The zero-order valence-electron chi connectivity index (χ0n) is 10.5. The Morgan fingerprint density at radius 3 is 2.14 bits per heavy atom. The van der Waals surface area contributed by atoms with Crippen LogP contribution in [-0.2, 0) is 0 Å². The van der Waals surface area contributed by atoms with Crippen LogP contribution in [0.4, 0.5) is 0 Å². The third-order valence-corrected chi connectivity index (χ3v) is 3.31. The van der Waals surface area contributed by atoms with E-state index in [-0.39, 0.29) is 0 Å². The molecular weight excluding hydrogens is 172 g/mol. The third-order valence-electron chi connectivity index (χ3n) is 3.31. The van der Waals surface area contributed by atoms with Crippen LogP contribution in [0.25, 0.3) is 0 Å². The molecule has 0 aromatic carbocycles. The first-order valence-corrected chi connectivity index (χ1v) is 6.06. The van der Waals surface area contributed by atoms with Gasteiger partial charge in [0.25, 0.3) is 0 Å². The topological polar surface area (TPSA) is 6.48 Å². The lowest BCUT2D eigenvalue weighted by Gasteiger charge is -2.36. The molecule has 0 bridgehead atoms. The molecule has 1 aliphatic rings. The molecule has 1 fully saturated rings. The van der Waals surface area contributed by atoms with Crippen molar-refractivity contribution in [1.29, 1.82) is 0 Å². The highest BCUT2D eigenvalue weighted by Crippen LogP contribution is 2.20. The summed E-state index contributed by atoms with van der Waals surface area (Å²) in [5.74, 6) is 0. The fraction of sp³-hybridized carbons (Fsp3) is 1.00. The Balaban J connectivity index is 2.53. The fourth-order valence-electron chi connectivity index (χ4n) is 2.78. The quantitative estimate of drug-likeness (QED) is 0.683. The molecule has 1 aliphatic heterocycles. The fourth-order valence-corrected chi connectivity index (χ4v) is 2.78. The van der Waals surface area contributed by atoms with Gasteiger partial charge in [0.1, 0.15) is 0 Å². The van der Waals surface area contributed by atoms with E-state index in [4.69, 9.17) is 0 Å².